The number of carbonyl (C=O) groups excluding carboxylic acids is 1. The van der Waals surface area contributed by atoms with E-state index in [4.69, 9.17) is 0 Å². The lowest BCUT2D eigenvalue weighted by Gasteiger charge is -2.23. The van der Waals surface area contributed by atoms with Gasteiger partial charge in [0.05, 0.1) is 0 Å². The Hall–Kier alpha value is -0.830. The minimum atomic E-state index is -0.0898. The molecule has 1 aliphatic carbocycles. The summed E-state index contributed by atoms with van der Waals surface area (Å²) in [4.78, 5) is 12.1. The van der Waals surface area contributed by atoms with Crippen molar-refractivity contribution >= 4 is 5.91 Å². The first-order valence-corrected chi connectivity index (χ1v) is 6.38. The molecular weight excluding hydrogens is 200 g/mol. The van der Waals surface area contributed by atoms with Gasteiger partial charge in [0, 0.05) is 18.5 Å². The molecule has 0 aromatic heterocycles. The van der Waals surface area contributed by atoms with Crippen LogP contribution in [0.4, 0.5) is 0 Å². The Morgan fingerprint density at radius 1 is 1.50 bits per heavy atom. The zero-order valence-electron chi connectivity index (χ0n) is 10.1. The minimum Gasteiger partial charge on any atom is -0.352 e. The summed E-state index contributed by atoms with van der Waals surface area (Å²) in [7, 11) is 0. The quantitative estimate of drug-likeness (QED) is 0.712. The highest BCUT2D eigenvalue weighted by Crippen LogP contribution is 2.37. The number of hydrogen-bond donors (Lipinski definition) is 2. The Balaban J connectivity index is 1.81. The topological polar surface area (TPSA) is 41.1 Å². The van der Waals surface area contributed by atoms with Crippen LogP contribution in [-0.2, 0) is 4.79 Å². The Kier molecular flexibility index (Phi) is 3.64. The van der Waals surface area contributed by atoms with Crippen LogP contribution in [0.25, 0.3) is 0 Å². The molecule has 0 spiro atoms. The van der Waals surface area contributed by atoms with Crippen LogP contribution in [0.1, 0.15) is 39.0 Å². The third-order valence-corrected chi connectivity index (χ3v) is 3.89. The highest BCUT2D eigenvalue weighted by atomic mass is 16.2. The molecule has 1 heterocycles. The molecule has 1 fully saturated rings. The molecule has 1 aliphatic heterocycles. The van der Waals surface area contributed by atoms with Crippen molar-refractivity contribution in [3.63, 3.8) is 0 Å². The number of carbonyl (C=O) groups is 1. The second-order valence-corrected chi connectivity index (χ2v) is 5.27. The number of amides is 1. The summed E-state index contributed by atoms with van der Waals surface area (Å²) in [6.45, 7) is 4.84. The molecule has 3 heteroatoms. The van der Waals surface area contributed by atoms with Gasteiger partial charge in [-0.2, -0.15) is 0 Å². The molecule has 0 unspecified atom stereocenters. The molecular formula is C13H22N2O. The summed E-state index contributed by atoms with van der Waals surface area (Å²) >= 11 is 0. The lowest BCUT2D eigenvalue weighted by molar-refractivity contribution is -0.129. The van der Waals surface area contributed by atoms with E-state index < -0.39 is 0 Å². The van der Waals surface area contributed by atoms with Gasteiger partial charge in [-0.1, -0.05) is 31.4 Å². The monoisotopic (exact) mass is 222 g/mol. The van der Waals surface area contributed by atoms with E-state index >= 15 is 0 Å². The number of rotatable bonds is 3. The fourth-order valence-corrected chi connectivity index (χ4v) is 2.62. The van der Waals surface area contributed by atoms with Crippen LogP contribution in [-0.4, -0.2) is 25.5 Å². The first-order valence-electron chi connectivity index (χ1n) is 6.38. The molecule has 2 N–H and O–H groups in total. The van der Waals surface area contributed by atoms with Crippen LogP contribution in [0.3, 0.4) is 0 Å². The maximum absolute atomic E-state index is 12.1. The number of hydrogen-bond acceptors (Lipinski definition) is 2. The van der Waals surface area contributed by atoms with Crippen LogP contribution in [0, 0.1) is 5.41 Å². The van der Waals surface area contributed by atoms with Crippen LogP contribution in [0.5, 0.6) is 0 Å². The zero-order chi connectivity index (χ0) is 11.4. The molecule has 2 aliphatic rings. The van der Waals surface area contributed by atoms with Gasteiger partial charge in [-0.3, -0.25) is 4.79 Å². The van der Waals surface area contributed by atoms with Crippen LogP contribution in [0.2, 0.25) is 0 Å². The predicted octanol–water partition coefficient (Wildman–Crippen LogP) is 1.60. The Morgan fingerprint density at radius 3 is 2.88 bits per heavy atom. The van der Waals surface area contributed by atoms with Crippen molar-refractivity contribution in [2.24, 2.45) is 5.41 Å². The molecule has 1 saturated carbocycles. The van der Waals surface area contributed by atoms with Crippen molar-refractivity contribution in [3.8, 4) is 0 Å². The highest BCUT2D eigenvalue weighted by molar-refractivity contribution is 5.82. The molecule has 0 radical (unpaired) electrons. The van der Waals surface area contributed by atoms with Gasteiger partial charge in [-0.05, 0) is 25.8 Å². The Bertz CT molecular complexity index is 290. The summed E-state index contributed by atoms with van der Waals surface area (Å²) in [5.74, 6) is 0.254. The van der Waals surface area contributed by atoms with E-state index in [9.17, 15) is 4.79 Å². The van der Waals surface area contributed by atoms with Gasteiger partial charge in [-0.25, -0.2) is 0 Å². The average Bonchev–Trinajstić information content (AvgIpc) is 2.76. The van der Waals surface area contributed by atoms with E-state index in [1.54, 1.807) is 0 Å². The lowest BCUT2D eigenvalue weighted by Crippen LogP contribution is -2.38. The second kappa shape index (κ2) is 5.00. The van der Waals surface area contributed by atoms with Gasteiger partial charge in [-0.15, -0.1) is 0 Å². The third kappa shape index (κ3) is 2.64. The minimum absolute atomic E-state index is 0.0898. The maximum Gasteiger partial charge on any atom is 0.226 e. The van der Waals surface area contributed by atoms with E-state index in [2.05, 4.69) is 23.6 Å². The van der Waals surface area contributed by atoms with E-state index in [-0.39, 0.29) is 11.3 Å². The van der Waals surface area contributed by atoms with Crippen molar-refractivity contribution in [2.75, 3.05) is 19.6 Å². The molecule has 2 rings (SSSR count). The molecule has 0 atom stereocenters. The zero-order valence-corrected chi connectivity index (χ0v) is 10.1. The summed E-state index contributed by atoms with van der Waals surface area (Å²) in [5.41, 5.74) is 1.28. The molecule has 0 aromatic rings. The van der Waals surface area contributed by atoms with Crippen molar-refractivity contribution in [3.05, 3.63) is 11.6 Å². The molecule has 0 saturated heterocycles. The van der Waals surface area contributed by atoms with Gasteiger partial charge in [0.2, 0.25) is 5.91 Å². The second-order valence-electron chi connectivity index (χ2n) is 5.27. The van der Waals surface area contributed by atoms with Crippen LogP contribution in [0.15, 0.2) is 11.6 Å². The van der Waals surface area contributed by atoms with Crippen molar-refractivity contribution in [1.29, 1.82) is 0 Å². The SMILES string of the molecule is CC1(C(=O)NCC2=CCNCC2)CCCC1. The molecule has 0 aromatic carbocycles. The van der Waals surface area contributed by atoms with Crippen molar-refractivity contribution < 1.29 is 4.79 Å². The smallest absolute Gasteiger partial charge is 0.226 e. The summed E-state index contributed by atoms with van der Waals surface area (Å²) in [6.07, 6.45) is 7.78. The van der Waals surface area contributed by atoms with Gasteiger partial charge >= 0.3 is 0 Å². The highest BCUT2D eigenvalue weighted by Gasteiger charge is 2.35. The lowest BCUT2D eigenvalue weighted by atomic mass is 9.88. The van der Waals surface area contributed by atoms with Gasteiger partial charge in [0.1, 0.15) is 0 Å². The van der Waals surface area contributed by atoms with E-state index in [0.717, 1.165) is 38.9 Å². The average molecular weight is 222 g/mol. The van der Waals surface area contributed by atoms with Gasteiger partial charge in [0.15, 0.2) is 0 Å². The largest absolute Gasteiger partial charge is 0.352 e. The van der Waals surface area contributed by atoms with E-state index in [1.807, 2.05) is 0 Å². The normalized spacial score (nSPS) is 23.9. The summed E-state index contributed by atoms with van der Waals surface area (Å²) in [6, 6.07) is 0. The van der Waals surface area contributed by atoms with E-state index in [0.29, 0.717) is 0 Å². The van der Waals surface area contributed by atoms with Gasteiger partial charge in [0.25, 0.3) is 0 Å². The van der Waals surface area contributed by atoms with Crippen LogP contribution < -0.4 is 10.6 Å². The molecule has 0 bridgehead atoms. The van der Waals surface area contributed by atoms with Gasteiger partial charge < -0.3 is 10.6 Å². The Morgan fingerprint density at radius 2 is 2.25 bits per heavy atom. The van der Waals surface area contributed by atoms with Crippen molar-refractivity contribution in [2.45, 2.75) is 39.0 Å². The first kappa shape index (κ1) is 11.6. The Labute approximate surface area is 97.7 Å². The fourth-order valence-electron chi connectivity index (χ4n) is 2.62. The fraction of sp³-hybridized carbons (Fsp3) is 0.769. The molecule has 90 valence electrons. The third-order valence-electron chi connectivity index (χ3n) is 3.89. The summed E-state index contributed by atoms with van der Waals surface area (Å²) < 4.78 is 0. The molecule has 3 nitrogen and oxygen atoms in total. The van der Waals surface area contributed by atoms with Crippen LogP contribution >= 0.6 is 0 Å². The predicted molar refractivity (Wildman–Crippen MR) is 65.2 cm³/mol. The number of nitrogens with one attached hydrogen (secondary N) is 2. The standard InChI is InChI=1S/C13H22N2O/c1-13(6-2-3-7-13)12(16)15-10-11-4-8-14-9-5-11/h4,14H,2-3,5-10H2,1H3,(H,15,16). The molecule has 16 heavy (non-hydrogen) atoms. The van der Waals surface area contributed by atoms with E-state index in [1.165, 1.54) is 18.4 Å². The van der Waals surface area contributed by atoms with Crippen molar-refractivity contribution in [1.82, 2.24) is 10.6 Å². The maximum atomic E-state index is 12.1. The molecule has 1 amide bonds. The summed E-state index contributed by atoms with van der Waals surface area (Å²) in [5, 5.41) is 6.38. The first-order chi connectivity index (χ1) is 7.71.